The van der Waals surface area contributed by atoms with E-state index in [-0.39, 0.29) is 12.5 Å². The largest absolute Gasteiger partial charge is 0.444 e. The Hall–Kier alpha value is -1.99. The highest BCUT2D eigenvalue weighted by atomic mass is 32.1. The van der Waals surface area contributed by atoms with Crippen molar-refractivity contribution in [2.45, 2.75) is 44.1 Å². The van der Waals surface area contributed by atoms with Crippen molar-refractivity contribution in [3.8, 4) is 0 Å². The van der Waals surface area contributed by atoms with E-state index in [1.165, 1.54) is 9.91 Å². The zero-order chi connectivity index (χ0) is 18.6. The topological polar surface area (TPSA) is 54.5 Å². The van der Waals surface area contributed by atoms with Crippen LogP contribution in [0.3, 0.4) is 0 Å². The summed E-state index contributed by atoms with van der Waals surface area (Å²) in [5.74, 6) is 0.759. The molecule has 1 aromatic carbocycles. The number of alkyl halides is 1. The fourth-order valence-electron chi connectivity index (χ4n) is 3.60. The smallest absolute Gasteiger partial charge is 0.412 e. The molecule has 1 saturated heterocycles. The molecule has 0 bridgehead atoms. The fourth-order valence-corrected chi connectivity index (χ4v) is 4.42. The van der Waals surface area contributed by atoms with Gasteiger partial charge in [0.05, 0.1) is 5.01 Å². The first kappa shape index (κ1) is 18.4. The zero-order valence-corrected chi connectivity index (χ0v) is 15.9. The number of piperidine rings is 1. The fraction of sp³-hybridized carbons (Fsp3) is 0.500. The maximum Gasteiger partial charge on any atom is 0.412 e. The molecule has 4 rings (SSSR count). The van der Waals surface area contributed by atoms with Crippen LogP contribution in [-0.4, -0.2) is 41.4 Å². The highest BCUT2D eigenvalue weighted by Gasteiger charge is 2.41. The van der Waals surface area contributed by atoms with E-state index in [0.29, 0.717) is 24.9 Å². The maximum absolute atomic E-state index is 14.5. The predicted molar refractivity (Wildman–Crippen MR) is 102 cm³/mol. The Morgan fingerprint density at radius 1 is 1.33 bits per heavy atom. The monoisotopic (exact) mass is 389 g/mol. The lowest BCUT2D eigenvalue weighted by atomic mass is 9.96. The summed E-state index contributed by atoms with van der Waals surface area (Å²) in [5, 5.41) is 6.73. The molecule has 1 aliphatic carbocycles. The SMILES string of the molecule is O=C(OCc1ccccc1)N1CCC(CN[C@@H]2C[C@H]2c2nccs2)CC1F. The first-order valence-corrected chi connectivity index (χ1v) is 10.3. The summed E-state index contributed by atoms with van der Waals surface area (Å²) < 4.78 is 19.8. The van der Waals surface area contributed by atoms with Crippen molar-refractivity contribution in [2.75, 3.05) is 13.1 Å². The van der Waals surface area contributed by atoms with Gasteiger partial charge in [-0.3, -0.25) is 4.90 Å². The second-order valence-corrected chi connectivity index (χ2v) is 8.21. The van der Waals surface area contributed by atoms with Gasteiger partial charge < -0.3 is 10.1 Å². The maximum atomic E-state index is 14.5. The zero-order valence-electron chi connectivity index (χ0n) is 15.1. The van der Waals surface area contributed by atoms with Gasteiger partial charge in [0.1, 0.15) is 6.61 Å². The normalized spacial score (nSPS) is 27.4. The van der Waals surface area contributed by atoms with E-state index in [9.17, 15) is 9.18 Å². The number of amides is 1. The molecule has 1 aliphatic heterocycles. The number of hydrogen-bond acceptors (Lipinski definition) is 5. The van der Waals surface area contributed by atoms with Crippen molar-refractivity contribution < 1.29 is 13.9 Å². The molecule has 1 N–H and O–H groups in total. The number of hydrogen-bond donors (Lipinski definition) is 1. The minimum atomic E-state index is -1.28. The number of carbonyl (C=O) groups excluding carboxylic acids is 1. The molecular weight excluding hydrogens is 365 g/mol. The Morgan fingerprint density at radius 2 is 2.19 bits per heavy atom. The van der Waals surface area contributed by atoms with E-state index in [1.54, 1.807) is 11.3 Å². The Bertz CT molecular complexity index is 743. The first-order valence-electron chi connectivity index (χ1n) is 9.45. The number of ether oxygens (including phenoxy) is 1. The number of nitrogens with zero attached hydrogens (tertiary/aromatic N) is 2. The molecule has 0 spiro atoms. The summed E-state index contributed by atoms with van der Waals surface area (Å²) in [6, 6.07) is 9.91. The van der Waals surface area contributed by atoms with Crippen LogP contribution in [0.25, 0.3) is 0 Å². The number of carbonyl (C=O) groups is 1. The molecule has 2 heterocycles. The number of rotatable bonds is 6. The molecule has 2 unspecified atom stereocenters. The van der Waals surface area contributed by atoms with Gasteiger partial charge in [-0.25, -0.2) is 14.2 Å². The molecule has 1 saturated carbocycles. The van der Waals surface area contributed by atoms with Crippen LogP contribution < -0.4 is 5.32 Å². The number of likely N-dealkylation sites (tertiary alicyclic amines) is 1. The Balaban J connectivity index is 1.18. The van der Waals surface area contributed by atoms with Crippen LogP contribution in [0.1, 0.15) is 35.8 Å². The average Bonchev–Trinajstić information content (AvgIpc) is 3.26. The summed E-state index contributed by atoms with van der Waals surface area (Å²) in [6.45, 7) is 1.37. The van der Waals surface area contributed by atoms with Crippen molar-refractivity contribution in [1.82, 2.24) is 15.2 Å². The molecule has 7 heteroatoms. The number of nitrogens with one attached hydrogen (secondary N) is 1. The molecule has 4 atom stereocenters. The lowest BCUT2D eigenvalue weighted by Gasteiger charge is -2.34. The molecule has 2 aliphatic rings. The van der Waals surface area contributed by atoms with Gasteiger partial charge in [-0.05, 0) is 30.9 Å². The van der Waals surface area contributed by atoms with Gasteiger partial charge in [0.25, 0.3) is 0 Å². The van der Waals surface area contributed by atoms with Crippen LogP contribution in [0.2, 0.25) is 0 Å². The highest BCUT2D eigenvalue weighted by molar-refractivity contribution is 7.09. The van der Waals surface area contributed by atoms with Crippen LogP contribution in [0.5, 0.6) is 0 Å². The molecule has 144 valence electrons. The first-order chi connectivity index (χ1) is 13.2. The van der Waals surface area contributed by atoms with E-state index in [2.05, 4.69) is 10.3 Å². The Labute approximate surface area is 162 Å². The van der Waals surface area contributed by atoms with Crippen LogP contribution in [0, 0.1) is 5.92 Å². The van der Waals surface area contributed by atoms with Crippen molar-refractivity contribution >= 4 is 17.4 Å². The van der Waals surface area contributed by atoms with Gasteiger partial charge >= 0.3 is 6.09 Å². The van der Waals surface area contributed by atoms with E-state index >= 15 is 0 Å². The van der Waals surface area contributed by atoms with Gasteiger partial charge in [-0.15, -0.1) is 11.3 Å². The summed E-state index contributed by atoms with van der Waals surface area (Å²) in [7, 11) is 0. The third-order valence-electron chi connectivity index (χ3n) is 5.31. The quantitative estimate of drug-likeness (QED) is 0.761. The van der Waals surface area contributed by atoms with Crippen LogP contribution in [0.15, 0.2) is 41.9 Å². The van der Waals surface area contributed by atoms with E-state index in [4.69, 9.17) is 4.74 Å². The van der Waals surface area contributed by atoms with Crippen molar-refractivity contribution in [3.63, 3.8) is 0 Å². The average molecular weight is 389 g/mol. The molecule has 27 heavy (non-hydrogen) atoms. The second-order valence-electron chi connectivity index (χ2n) is 7.29. The van der Waals surface area contributed by atoms with Crippen molar-refractivity contribution in [3.05, 3.63) is 52.5 Å². The third kappa shape index (κ3) is 4.65. The summed E-state index contributed by atoms with van der Waals surface area (Å²) in [5.41, 5.74) is 0.902. The number of thiazole rings is 1. The van der Waals surface area contributed by atoms with E-state index < -0.39 is 12.4 Å². The van der Waals surface area contributed by atoms with Gasteiger partial charge in [0, 0.05) is 36.5 Å². The molecule has 2 aromatic rings. The summed E-state index contributed by atoms with van der Waals surface area (Å²) >= 11 is 1.70. The second kappa shape index (κ2) is 8.35. The van der Waals surface area contributed by atoms with Crippen LogP contribution in [-0.2, 0) is 11.3 Å². The van der Waals surface area contributed by atoms with Crippen molar-refractivity contribution in [2.24, 2.45) is 5.92 Å². The van der Waals surface area contributed by atoms with Gasteiger partial charge in [0.15, 0.2) is 6.30 Å². The van der Waals surface area contributed by atoms with Crippen molar-refractivity contribution in [1.29, 1.82) is 0 Å². The molecule has 5 nitrogen and oxygen atoms in total. The molecule has 0 radical (unpaired) electrons. The summed E-state index contributed by atoms with van der Waals surface area (Å²) in [4.78, 5) is 17.8. The third-order valence-corrected chi connectivity index (χ3v) is 6.22. The molecule has 2 fully saturated rings. The minimum Gasteiger partial charge on any atom is -0.444 e. The molecular formula is C20H24FN3O2S. The van der Waals surface area contributed by atoms with E-state index in [1.807, 2.05) is 41.9 Å². The lowest BCUT2D eigenvalue weighted by Crippen LogP contribution is -2.46. The highest BCUT2D eigenvalue weighted by Crippen LogP contribution is 2.41. The number of aromatic nitrogens is 1. The Kier molecular flexibility index (Phi) is 5.69. The number of halogens is 1. The molecule has 1 amide bonds. The lowest BCUT2D eigenvalue weighted by molar-refractivity contribution is 0.00934. The molecule has 1 aromatic heterocycles. The predicted octanol–water partition coefficient (Wildman–Crippen LogP) is 3.93. The van der Waals surface area contributed by atoms with Gasteiger partial charge in [-0.1, -0.05) is 30.3 Å². The standard InChI is InChI=1S/C20H24FN3O2S/c21-18-10-15(12-23-17-11-16(17)19-22-7-9-27-19)6-8-24(18)20(25)26-13-14-4-2-1-3-5-14/h1-5,7,9,15-18,23H,6,8,10-13H2/t15?,16-,17-,18?/m1/s1. The number of benzene rings is 1. The van der Waals surface area contributed by atoms with Crippen LogP contribution >= 0.6 is 11.3 Å². The minimum absolute atomic E-state index is 0.174. The van der Waals surface area contributed by atoms with E-state index in [0.717, 1.165) is 24.9 Å². The Morgan fingerprint density at radius 3 is 2.93 bits per heavy atom. The van der Waals surface area contributed by atoms with Crippen LogP contribution in [0.4, 0.5) is 9.18 Å². The summed E-state index contributed by atoms with van der Waals surface area (Å²) in [6.07, 6.45) is 2.27. The van der Waals surface area contributed by atoms with Gasteiger partial charge in [0.2, 0.25) is 0 Å². The van der Waals surface area contributed by atoms with Gasteiger partial charge in [-0.2, -0.15) is 0 Å².